The first-order valence-corrected chi connectivity index (χ1v) is 11.9. The first-order chi connectivity index (χ1) is 11.6. The van der Waals surface area contributed by atoms with Gasteiger partial charge in [-0.25, -0.2) is 9.15 Å². The highest BCUT2D eigenvalue weighted by Gasteiger charge is 2.03. The smallest absolute Gasteiger partial charge is 0.339 e. The first kappa shape index (κ1) is 29.6. The van der Waals surface area contributed by atoms with Crippen LogP contribution in [-0.4, -0.2) is 92.3 Å². The molecule has 0 radical (unpaired) electrons. The molecule has 0 amide bonds. The summed E-state index contributed by atoms with van der Waals surface area (Å²) in [5, 5.41) is 4.49. The number of hydrogen-bond donors (Lipinski definition) is 1. The number of carbonyl (C=O) groups is 1. The van der Waals surface area contributed by atoms with Gasteiger partial charge in [0.25, 0.3) is 0 Å². The summed E-state index contributed by atoms with van der Waals surface area (Å²) in [5.74, 6) is -0.829. The summed E-state index contributed by atoms with van der Waals surface area (Å²) in [6.45, 7) is 0. The zero-order valence-electron chi connectivity index (χ0n) is 16.1. The Bertz CT molecular complexity index is 482. The summed E-state index contributed by atoms with van der Waals surface area (Å²) in [5.41, 5.74) is 1.18. The standard InChI is InChI=1S/C10H21N3.C2H3BrO2.CH3F.Cl3OP/c1-11(2)7-10(8-12(3)4)9-13(5)6;3-1-2(4)5;1-2;1-5(2,3)4/h7-9H,1-6H3;1H2,(H,4,5);1H3;/q+2;;;/i;;1D;. The third-order valence-corrected chi connectivity index (χ3v) is 1.82. The molecular formula is C13H27BrCl3FN3O3P+2. The van der Waals surface area contributed by atoms with E-state index in [1.165, 1.54) is 5.57 Å². The number of alkyl halides is 2. The van der Waals surface area contributed by atoms with Crippen molar-refractivity contribution in [2.24, 2.45) is 0 Å². The molecule has 0 spiro atoms. The van der Waals surface area contributed by atoms with Gasteiger partial charge in [-0.2, -0.15) is 0 Å². The third-order valence-electron chi connectivity index (χ3n) is 1.34. The largest absolute Gasteiger partial charge is 0.481 e. The molecule has 25 heavy (non-hydrogen) atoms. The number of nitrogens with zero attached hydrogens (tertiary/aromatic N) is 3. The summed E-state index contributed by atoms with van der Waals surface area (Å²) < 4.78 is 29.1. The minimum atomic E-state index is -3.22. The number of hydrogen-bond acceptors (Lipinski definition) is 3. The molecule has 150 valence electrons. The van der Waals surface area contributed by atoms with Crippen molar-refractivity contribution in [2.75, 3.05) is 54.8 Å². The van der Waals surface area contributed by atoms with Gasteiger partial charge in [-0.05, 0) is 33.7 Å². The number of rotatable bonds is 4. The van der Waals surface area contributed by atoms with Crippen molar-refractivity contribution in [3.05, 3.63) is 11.8 Å². The zero-order valence-corrected chi connectivity index (χ0v) is 19.8. The second kappa shape index (κ2) is 20.2. The lowest BCUT2D eigenvalue weighted by molar-refractivity contribution is -0.462. The molecule has 6 nitrogen and oxygen atoms in total. The van der Waals surface area contributed by atoms with E-state index in [1.54, 1.807) is 0 Å². The minimum Gasteiger partial charge on any atom is -0.481 e. The van der Waals surface area contributed by atoms with Crippen molar-refractivity contribution in [3.8, 4) is 0 Å². The minimum absolute atomic E-state index is 0.0347. The Morgan fingerprint density at radius 1 is 1.24 bits per heavy atom. The zero-order chi connectivity index (χ0) is 21.9. The van der Waals surface area contributed by atoms with Crippen molar-refractivity contribution in [1.82, 2.24) is 4.90 Å². The Kier molecular flexibility index (Phi) is 23.9. The van der Waals surface area contributed by atoms with Gasteiger partial charge >= 0.3 is 11.2 Å². The number of aliphatic carboxylic acids is 1. The molecule has 0 aliphatic heterocycles. The molecule has 0 atom stereocenters. The Morgan fingerprint density at radius 2 is 1.48 bits per heavy atom. The lowest BCUT2D eigenvalue weighted by Crippen LogP contribution is -2.11. The number of carboxylic acid groups (broad SMARTS) is 1. The van der Waals surface area contributed by atoms with E-state index in [-0.39, 0.29) is 5.33 Å². The molecule has 0 fully saturated rings. The molecule has 0 aromatic carbocycles. The quantitative estimate of drug-likeness (QED) is 0.269. The van der Waals surface area contributed by atoms with E-state index in [0.29, 0.717) is 0 Å². The number of allylic oxidation sites excluding steroid dienone is 1. The van der Waals surface area contributed by atoms with Gasteiger partial charge in [-0.15, -0.1) is 0 Å². The van der Waals surface area contributed by atoms with E-state index in [1.807, 2.05) is 56.3 Å². The molecule has 0 heterocycles. The fraction of sp³-hybridized carbons (Fsp3) is 0.615. The lowest BCUT2D eigenvalue weighted by Gasteiger charge is -2.03. The van der Waals surface area contributed by atoms with Crippen LogP contribution in [0.25, 0.3) is 0 Å². The number of carboxylic acids is 1. The average Bonchev–Trinajstić information content (AvgIpc) is 2.35. The predicted octanol–water partition coefficient (Wildman–Crippen LogP) is 3.98. The fourth-order valence-corrected chi connectivity index (χ4v) is 0.994. The van der Waals surface area contributed by atoms with E-state index in [9.17, 15) is 13.8 Å². The third kappa shape index (κ3) is 59.4. The second-order valence-electron chi connectivity index (χ2n) is 4.70. The van der Waals surface area contributed by atoms with E-state index in [2.05, 4.69) is 68.3 Å². The van der Waals surface area contributed by atoms with Crippen molar-refractivity contribution in [2.45, 2.75) is 0 Å². The van der Waals surface area contributed by atoms with Crippen LogP contribution in [0.15, 0.2) is 11.8 Å². The van der Waals surface area contributed by atoms with E-state index < -0.39 is 18.3 Å². The SMILES string of the molecule is CN(C)C=C(C=[N+](C)C)C=[N+](C)C.O=C(O)CBr.O=P(Cl)(Cl)Cl.[2H]CF. The number of halogens is 5. The molecule has 12 heteroatoms. The summed E-state index contributed by atoms with van der Waals surface area (Å²) in [6.07, 6.45) is 6.25. The van der Waals surface area contributed by atoms with Crippen LogP contribution in [0.4, 0.5) is 4.39 Å². The van der Waals surface area contributed by atoms with Crippen molar-refractivity contribution in [1.29, 1.82) is 0 Å². The van der Waals surface area contributed by atoms with Crippen LogP contribution in [0.5, 0.6) is 0 Å². The van der Waals surface area contributed by atoms with Gasteiger partial charge in [0.05, 0.1) is 8.52 Å². The highest BCUT2D eigenvalue weighted by Crippen LogP contribution is 2.61. The maximum Gasteiger partial charge on any atom is 0.339 e. The van der Waals surface area contributed by atoms with Gasteiger partial charge in [0, 0.05) is 20.3 Å². The summed E-state index contributed by atoms with van der Waals surface area (Å²) >= 11 is 16.6. The fourth-order valence-electron chi connectivity index (χ4n) is 0.994. The van der Waals surface area contributed by atoms with Crippen LogP contribution in [0.3, 0.4) is 0 Å². The van der Waals surface area contributed by atoms with Crippen molar-refractivity contribution in [3.63, 3.8) is 0 Å². The van der Waals surface area contributed by atoms with Crippen LogP contribution in [0.1, 0.15) is 1.37 Å². The van der Waals surface area contributed by atoms with E-state index >= 15 is 0 Å². The summed E-state index contributed by atoms with van der Waals surface area (Å²) in [7, 11) is 11.1. The molecule has 0 aliphatic carbocycles. The summed E-state index contributed by atoms with van der Waals surface area (Å²) in [6, 6.07) is 0. The maximum atomic E-state index is 9.96. The van der Waals surface area contributed by atoms with Gasteiger partial charge in [0.15, 0.2) is 12.4 Å². The molecule has 0 aromatic heterocycles. The Morgan fingerprint density at radius 3 is 1.60 bits per heavy atom. The molecule has 0 aliphatic rings. The Balaban J connectivity index is -0.000000153. The summed E-state index contributed by atoms with van der Waals surface area (Å²) in [4.78, 5) is 11.4. The topological polar surface area (TPSA) is 63.6 Å². The second-order valence-corrected chi connectivity index (χ2v) is 11.9. The molecule has 1 N–H and O–H groups in total. The van der Waals surface area contributed by atoms with Gasteiger partial charge < -0.3 is 10.0 Å². The molecule has 0 aromatic rings. The normalized spacial score (nSPS) is 9.16. The van der Waals surface area contributed by atoms with Gasteiger partial charge in [0.2, 0.25) is 0 Å². The van der Waals surface area contributed by atoms with Crippen molar-refractivity contribution >= 4 is 73.3 Å². The predicted molar refractivity (Wildman–Crippen MR) is 112 cm³/mol. The molecule has 0 rings (SSSR count). The molecule has 0 saturated carbocycles. The van der Waals surface area contributed by atoms with Crippen LogP contribution in [0.2, 0.25) is 0 Å². The monoisotopic (exact) mass is 508 g/mol. The van der Waals surface area contributed by atoms with Gasteiger partial charge in [0.1, 0.15) is 39.1 Å². The van der Waals surface area contributed by atoms with Crippen molar-refractivity contribution < 1.29 is 29.4 Å². The Hall–Kier alpha value is -0.140. The highest BCUT2D eigenvalue weighted by atomic mass is 79.9. The van der Waals surface area contributed by atoms with E-state index in [0.717, 1.165) is 0 Å². The van der Waals surface area contributed by atoms with Crippen LogP contribution in [-0.2, 0) is 9.36 Å². The molecular weight excluding hydrogens is 482 g/mol. The first-order valence-electron chi connectivity index (χ1n) is 7.04. The average molecular weight is 511 g/mol. The lowest BCUT2D eigenvalue weighted by atomic mass is 10.3. The van der Waals surface area contributed by atoms with Crippen LogP contribution < -0.4 is 0 Å². The molecule has 0 saturated heterocycles. The van der Waals surface area contributed by atoms with Crippen LogP contribution >= 0.6 is 54.9 Å². The maximum absolute atomic E-state index is 9.96. The molecule has 0 bridgehead atoms. The highest BCUT2D eigenvalue weighted by molar-refractivity contribution is 9.09. The Labute approximate surface area is 173 Å². The van der Waals surface area contributed by atoms with Gasteiger partial charge in [-0.1, -0.05) is 15.9 Å². The molecule has 0 unspecified atom stereocenters. The van der Waals surface area contributed by atoms with E-state index in [4.69, 9.17) is 6.48 Å². The van der Waals surface area contributed by atoms with Gasteiger partial charge in [-0.3, -0.25) is 13.8 Å². The van der Waals surface area contributed by atoms with Crippen LogP contribution in [0, 0.1) is 0 Å².